The first-order valence-electron chi connectivity index (χ1n) is 6.86. The second-order valence-corrected chi connectivity index (χ2v) is 5.47. The summed E-state index contributed by atoms with van der Waals surface area (Å²) < 4.78 is 5.15. The highest BCUT2D eigenvalue weighted by atomic mass is 35.5. The van der Waals surface area contributed by atoms with Gasteiger partial charge in [0.25, 0.3) is 0 Å². The molecule has 0 radical (unpaired) electrons. The van der Waals surface area contributed by atoms with Crippen molar-refractivity contribution in [2.75, 3.05) is 26.7 Å². The van der Waals surface area contributed by atoms with Gasteiger partial charge in [-0.2, -0.15) is 4.98 Å². The number of likely N-dealkylation sites (N-methyl/N-ethyl adjacent to an activating group) is 2. The lowest BCUT2D eigenvalue weighted by molar-refractivity contribution is -0.131. The first-order chi connectivity index (χ1) is 9.27. The Balaban J connectivity index is 0.00000400. The number of hydrogen-bond donors (Lipinski definition) is 1. The molecule has 0 aliphatic rings. The lowest BCUT2D eigenvalue weighted by atomic mass is 10.1. The van der Waals surface area contributed by atoms with E-state index >= 15 is 0 Å². The van der Waals surface area contributed by atoms with Crippen molar-refractivity contribution in [1.82, 2.24) is 19.9 Å². The Morgan fingerprint density at radius 2 is 1.90 bits per heavy atom. The molecule has 21 heavy (non-hydrogen) atoms. The van der Waals surface area contributed by atoms with E-state index < -0.39 is 5.54 Å². The van der Waals surface area contributed by atoms with E-state index in [9.17, 15) is 4.79 Å². The van der Waals surface area contributed by atoms with Gasteiger partial charge in [0.15, 0.2) is 5.82 Å². The summed E-state index contributed by atoms with van der Waals surface area (Å²) in [4.78, 5) is 19.9. The SMILES string of the molecule is CCN(CC)C(=O)CN(C)Cc1nc(C(C)(C)N)no1.Cl. The normalized spacial score (nSPS) is 11.4. The first-order valence-corrected chi connectivity index (χ1v) is 6.86. The lowest BCUT2D eigenvalue weighted by Crippen LogP contribution is -2.38. The van der Waals surface area contributed by atoms with Crippen LogP contribution in [0, 0.1) is 0 Å². The zero-order valence-electron chi connectivity index (χ0n) is 13.4. The summed E-state index contributed by atoms with van der Waals surface area (Å²) in [5.74, 6) is 1.03. The summed E-state index contributed by atoms with van der Waals surface area (Å²) in [5, 5.41) is 3.85. The minimum atomic E-state index is -0.628. The van der Waals surface area contributed by atoms with E-state index in [1.807, 2.05) is 39.6 Å². The predicted octanol–water partition coefficient (Wildman–Crippen LogP) is 0.985. The van der Waals surface area contributed by atoms with Crippen LogP contribution in [-0.4, -0.2) is 52.5 Å². The second-order valence-electron chi connectivity index (χ2n) is 5.47. The molecule has 1 amide bonds. The molecule has 1 aromatic heterocycles. The molecule has 0 fully saturated rings. The number of halogens is 1. The Morgan fingerprint density at radius 1 is 1.33 bits per heavy atom. The van der Waals surface area contributed by atoms with Gasteiger partial charge in [0, 0.05) is 13.1 Å². The van der Waals surface area contributed by atoms with Gasteiger partial charge in [-0.25, -0.2) is 0 Å². The average molecular weight is 320 g/mol. The fourth-order valence-electron chi connectivity index (χ4n) is 1.77. The van der Waals surface area contributed by atoms with Gasteiger partial charge in [-0.3, -0.25) is 9.69 Å². The molecule has 0 bridgehead atoms. The summed E-state index contributed by atoms with van der Waals surface area (Å²) in [6, 6.07) is 0. The average Bonchev–Trinajstić information content (AvgIpc) is 2.78. The fourth-order valence-corrected chi connectivity index (χ4v) is 1.77. The maximum Gasteiger partial charge on any atom is 0.240 e. The van der Waals surface area contributed by atoms with Crippen LogP contribution >= 0.6 is 12.4 Å². The van der Waals surface area contributed by atoms with Crippen molar-refractivity contribution in [3.63, 3.8) is 0 Å². The van der Waals surface area contributed by atoms with E-state index in [-0.39, 0.29) is 18.3 Å². The lowest BCUT2D eigenvalue weighted by Gasteiger charge is -2.22. The molecule has 0 aliphatic carbocycles. The number of amides is 1. The molecule has 8 heteroatoms. The van der Waals surface area contributed by atoms with E-state index in [1.165, 1.54) is 0 Å². The van der Waals surface area contributed by atoms with Crippen molar-refractivity contribution < 1.29 is 9.32 Å². The number of rotatable bonds is 7. The Hall–Kier alpha value is -1.18. The molecule has 0 saturated heterocycles. The molecule has 2 N–H and O–H groups in total. The van der Waals surface area contributed by atoms with Gasteiger partial charge in [-0.15, -0.1) is 12.4 Å². The van der Waals surface area contributed by atoms with Gasteiger partial charge in [-0.1, -0.05) is 5.16 Å². The minimum absolute atomic E-state index is 0. The van der Waals surface area contributed by atoms with Crippen LogP contribution in [-0.2, 0) is 16.9 Å². The Morgan fingerprint density at radius 3 is 2.33 bits per heavy atom. The van der Waals surface area contributed by atoms with Crippen LogP contribution in [0.1, 0.15) is 39.4 Å². The van der Waals surface area contributed by atoms with E-state index in [1.54, 1.807) is 4.90 Å². The van der Waals surface area contributed by atoms with E-state index in [0.29, 0.717) is 24.8 Å². The molecule has 122 valence electrons. The maximum atomic E-state index is 12.0. The highest BCUT2D eigenvalue weighted by Gasteiger charge is 2.22. The highest BCUT2D eigenvalue weighted by Crippen LogP contribution is 2.13. The maximum absolute atomic E-state index is 12.0. The Kier molecular flexibility index (Phi) is 7.84. The standard InChI is InChI=1S/C13H25N5O2.ClH/c1-6-18(7-2)11(19)9-17(5)8-10-15-12(16-20-10)13(3,4)14;/h6-9,14H2,1-5H3;1H. The van der Waals surface area contributed by atoms with Crippen LogP contribution in [0.2, 0.25) is 0 Å². The zero-order valence-corrected chi connectivity index (χ0v) is 14.2. The number of carbonyl (C=O) groups excluding carboxylic acids is 1. The van der Waals surface area contributed by atoms with Crippen LogP contribution in [0.15, 0.2) is 4.52 Å². The van der Waals surface area contributed by atoms with Crippen LogP contribution in [0.4, 0.5) is 0 Å². The second kappa shape index (κ2) is 8.31. The monoisotopic (exact) mass is 319 g/mol. The molecule has 0 unspecified atom stereocenters. The Labute approximate surface area is 132 Å². The van der Waals surface area contributed by atoms with Crippen molar-refractivity contribution in [2.24, 2.45) is 5.73 Å². The van der Waals surface area contributed by atoms with Crippen molar-refractivity contribution in [3.05, 3.63) is 11.7 Å². The largest absolute Gasteiger partial charge is 0.342 e. The number of aromatic nitrogens is 2. The van der Waals surface area contributed by atoms with Gasteiger partial charge in [0.1, 0.15) is 0 Å². The molecule has 0 aliphatic heterocycles. The third-order valence-corrected chi connectivity index (χ3v) is 2.97. The summed E-state index contributed by atoms with van der Waals surface area (Å²) in [7, 11) is 1.85. The fraction of sp³-hybridized carbons (Fsp3) is 0.769. The first kappa shape index (κ1) is 19.8. The molecule has 0 saturated carbocycles. The zero-order chi connectivity index (χ0) is 15.3. The number of hydrogen-bond acceptors (Lipinski definition) is 6. The van der Waals surface area contributed by atoms with Crippen LogP contribution < -0.4 is 5.73 Å². The van der Waals surface area contributed by atoms with Gasteiger partial charge in [-0.05, 0) is 34.7 Å². The number of nitrogens with zero attached hydrogens (tertiary/aromatic N) is 4. The summed E-state index contributed by atoms with van der Waals surface area (Å²) in [6.07, 6.45) is 0. The molecular weight excluding hydrogens is 294 g/mol. The molecule has 1 rings (SSSR count). The topological polar surface area (TPSA) is 88.5 Å². The Bertz CT molecular complexity index is 440. The smallest absolute Gasteiger partial charge is 0.240 e. The molecule has 7 nitrogen and oxygen atoms in total. The van der Waals surface area contributed by atoms with Crippen LogP contribution in [0.3, 0.4) is 0 Å². The molecular formula is C13H26ClN5O2. The van der Waals surface area contributed by atoms with Gasteiger partial charge in [0.2, 0.25) is 11.8 Å². The molecule has 1 heterocycles. The van der Waals surface area contributed by atoms with Crippen molar-refractivity contribution in [2.45, 2.75) is 39.8 Å². The molecule has 1 aromatic rings. The van der Waals surface area contributed by atoms with Crippen molar-refractivity contribution >= 4 is 18.3 Å². The molecule has 0 spiro atoms. The third-order valence-electron chi connectivity index (χ3n) is 2.97. The van der Waals surface area contributed by atoms with Crippen molar-refractivity contribution in [3.8, 4) is 0 Å². The molecule has 0 aromatic carbocycles. The van der Waals surface area contributed by atoms with Crippen molar-refractivity contribution in [1.29, 1.82) is 0 Å². The quantitative estimate of drug-likeness (QED) is 0.806. The third kappa shape index (κ3) is 5.99. The van der Waals surface area contributed by atoms with E-state index in [0.717, 1.165) is 13.1 Å². The summed E-state index contributed by atoms with van der Waals surface area (Å²) >= 11 is 0. The predicted molar refractivity (Wildman–Crippen MR) is 83.0 cm³/mol. The van der Waals surface area contributed by atoms with E-state index in [2.05, 4.69) is 10.1 Å². The minimum Gasteiger partial charge on any atom is -0.342 e. The van der Waals surface area contributed by atoms with Gasteiger partial charge in [0.05, 0.1) is 18.6 Å². The summed E-state index contributed by atoms with van der Waals surface area (Å²) in [5.41, 5.74) is 5.27. The van der Waals surface area contributed by atoms with E-state index in [4.69, 9.17) is 10.3 Å². The molecule has 0 atom stereocenters. The van der Waals surface area contributed by atoms with Crippen LogP contribution in [0.25, 0.3) is 0 Å². The summed E-state index contributed by atoms with van der Waals surface area (Å²) in [6.45, 7) is 9.75. The number of nitrogens with two attached hydrogens (primary N) is 1. The number of carbonyl (C=O) groups is 1. The van der Waals surface area contributed by atoms with Gasteiger partial charge < -0.3 is 15.2 Å². The van der Waals surface area contributed by atoms with Crippen LogP contribution in [0.5, 0.6) is 0 Å². The van der Waals surface area contributed by atoms with Gasteiger partial charge >= 0.3 is 0 Å². The highest BCUT2D eigenvalue weighted by molar-refractivity contribution is 5.85.